The lowest BCUT2D eigenvalue weighted by Gasteiger charge is -2.21. The normalized spacial score (nSPS) is 10.7. The number of nitrogens with one attached hydrogen (secondary N) is 2. The van der Waals surface area contributed by atoms with Crippen LogP contribution in [0.5, 0.6) is 0 Å². The van der Waals surface area contributed by atoms with Crippen LogP contribution < -0.4 is 5.32 Å². The zero-order chi connectivity index (χ0) is 18.4. The summed E-state index contributed by atoms with van der Waals surface area (Å²) in [7, 11) is 0. The van der Waals surface area contributed by atoms with Gasteiger partial charge in [-0.15, -0.1) is 0 Å². The molecule has 3 aromatic rings. The Morgan fingerprint density at radius 3 is 2.81 bits per heavy atom. The number of carbonyl (C=O) groups excluding carboxylic acids is 2. The summed E-state index contributed by atoms with van der Waals surface area (Å²) in [4.78, 5) is 33.0. The van der Waals surface area contributed by atoms with Crippen LogP contribution >= 0.6 is 0 Å². The van der Waals surface area contributed by atoms with Crippen LogP contribution in [0.3, 0.4) is 0 Å². The van der Waals surface area contributed by atoms with E-state index in [0.29, 0.717) is 26.1 Å². The second-order valence-corrected chi connectivity index (χ2v) is 6.19. The summed E-state index contributed by atoms with van der Waals surface area (Å²) in [6.07, 6.45) is 5.62. The lowest BCUT2D eigenvalue weighted by atomic mass is 10.1. The molecule has 6 heteroatoms. The van der Waals surface area contributed by atoms with E-state index in [2.05, 4.69) is 15.3 Å². The summed E-state index contributed by atoms with van der Waals surface area (Å²) in [6.45, 7) is 2.90. The molecule has 1 aromatic carbocycles. The van der Waals surface area contributed by atoms with E-state index >= 15 is 0 Å². The van der Waals surface area contributed by atoms with Gasteiger partial charge in [0.05, 0.1) is 6.42 Å². The second kappa shape index (κ2) is 8.29. The number of aromatic amines is 1. The van der Waals surface area contributed by atoms with Gasteiger partial charge in [0, 0.05) is 56.1 Å². The first-order valence-corrected chi connectivity index (χ1v) is 8.59. The number of fused-ring (bicyclic) bond motifs is 1. The van der Waals surface area contributed by atoms with Crippen molar-refractivity contribution in [3.8, 4) is 0 Å². The maximum Gasteiger partial charge on any atom is 0.224 e. The average molecular weight is 350 g/mol. The maximum absolute atomic E-state index is 12.2. The van der Waals surface area contributed by atoms with E-state index in [1.807, 2.05) is 42.6 Å². The van der Waals surface area contributed by atoms with Gasteiger partial charge in [-0.05, 0) is 23.3 Å². The molecular weight excluding hydrogens is 328 g/mol. The lowest BCUT2D eigenvalue weighted by Crippen LogP contribution is -2.37. The highest BCUT2D eigenvalue weighted by atomic mass is 16.2. The van der Waals surface area contributed by atoms with E-state index in [1.165, 1.54) is 6.92 Å². The monoisotopic (exact) mass is 350 g/mol. The Morgan fingerprint density at radius 2 is 2.04 bits per heavy atom. The van der Waals surface area contributed by atoms with Crippen LogP contribution in [0.25, 0.3) is 10.9 Å². The minimum absolute atomic E-state index is 0.0280. The van der Waals surface area contributed by atoms with Gasteiger partial charge in [0.1, 0.15) is 0 Å². The third-order valence-corrected chi connectivity index (χ3v) is 4.27. The van der Waals surface area contributed by atoms with Crippen molar-refractivity contribution in [3.63, 3.8) is 0 Å². The third-order valence-electron chi connectivity index (χ3n) is 4.27. The van der Waals surface area contributed by atoms with Crippen LogP contribution in [0.4, 0.5) is 0 Å². The van der Waals surface area contributed by atoms with Crippen LogP contribution in [0.1, 0.15) is 18.1 Å². The number of aromatic nitrogens is 2. The molecule has 6 nitrogen and oxygen atoms in total. The van der Waals surface area contributed by atoms with Gasteiger partial charge in [-0.1, -0.05) is 24.3 Å². The van der Waals surface area contributed by atoms with Crippen molar-refractivity contribution in [3.05, 3.63) is 66.1 Å². The SMILES string of the molecule is CC(=O)N(CCNC(=O)Cc1c[nH]c2ccccc12)Cc1cccnc1. The first-order valence-electron chi connectivity index (χ1n) is 8.59. The molecule has 0 aliphatic rings. The number of H-pyrrole nitrogens is 1. The molecule has 26 heavy (non-hydrogen) atoms. The number of carbonyl (C=O) groups is 2. The molecule has 2 amide bonds. The zero-order valence-electron chi connectivity index (χ0n) is 14.7. The Hall–Kier alpha value is -3.15. The van der Waals surface area contributed by atoms with Crippen LogP contribution in [-0.2, 0) is 22.6 Å². The number of nitrogens with zero attached hydrogens (tertiary/aromatic N) is 2. The minimum atomic E-state index is -0.0559. The number of amides is 2. The topological polar surface area (TPSA) is 78.1 Å². The molecule has 3 rings (SSSR count). The molecule has 0 aliphatic heterocycles. The van der Waals surface area contributed by atoms with Crippen LogP contribution in [0.15, 0.2) is 55.0 Å². The van der Waals surface area contributed by atoms with Crippen molar-refractivity contribution in [1.82, 2.24) is 20.2 Å². The smallest absolute Gasteiger partial charge is 0.224 e. The summed E-state index contributed by atoms with van der Waals surface area (Å²) in [5, 5.41) is 3.95. The summed E-state index contributed by atoms with van der Waals surface area (Å²) >= 11 is 0. The molecule has 0 fully saturated rings. The summed E-state index contributed by atoms with van der Waals surface area (Å²) < 4.78 is 0. The lowest BCUT2D eigenvalue weighted by molar-refractivity contribution is -0.130. The fraction of sp³-hybridized carbons (Fsp3) is 0.250. The van der Waals surface area contributed by atoms with Crippen LogP contribution in [0.2, 0.25) is 0 Å². The summed E-state index contributed by atoms with van der Waals surface area (Å²) in [5.41, 5.74) is 2.96. The molecule has 0 unspecified atom stereocenters. The molecule has 0 spiro atoms. The molecule has 2 heterocycles. The molecule has 2 aromatic heterocycles. The molecule has 0 saturated heterocycles. The molecule has 0 atom stereocenters. The van der Waals surface area contributed by atoms with E-state index in [4.69, 9.17) is 0 Å². The Labute approximate surface area is 152 Å². The third kappa shape index (κ3) is 4.47. The molecule has 0 aliphatic carbocycles. The fourth-order valence-electron chi connectivity index (χ4n) is 2.90. The van der Waals surface area contributed by atoms with Gasteiger partial charge in [0.25, 0.3) is 0 Å². The van der Waals surface area contributed by atoms with E-state index in [9.17, 15) is 9.59 Å². The molecule has 134 valence electrons. The van der Waals surface area contributed by atoms with Gasteiger partial charge in [-0.25, -0.2) is 0 Å². The first kappa shape index (κ1) is 17.7. The number of benzene rings is 1. The number of hydrogen-bond donors (Lipinski definition) is 2. The number of pyridine rings is 1. The van der Waals surface area contributed by atoms with E-state index in [0.717, 1.165) is 22.0 Å². The summed E-state index contributed by atoms with van der Waals surface area (Å²) in [6, 6.07) is 11.7. The van der Waals surface area contributed by atoms with Crippen molar-refractivity contribution in [2.24, 2.45) is 0 Å². The predicted octanol–water partition coefficient (Wildman–Crippen LogP) is 2.27. The number of para-hydroxylation sites is 1. The molecule has 2 N–H and O–H groups in total. The fourth-order valence-corrected chi connectivity index (χ4v) is 2.90. The molecule has 0 bridgehead atoms. The van der Waals surface area contributed by atoms with Gasteiger partial charge in [0.15, 0.2) is 0 Å². The van der Waals surface area contributed by atoms with Crippen molar-refractivity contribution in [2.75, 3.05) is 13.1 Å². The first-order chi connectivity index (χ1) is 12.6. The van der Waals surface area contributed by atoms with Crippen LogP contribution in [0, 0.1) is 0 Å². The van der Waals surface area contributed by atoms with Gasteiger partial charge in [0.2, 0.25) is 11.8 Å². The van der Waals surface area contributed by atoms with Gasteiger partial charge in [-0.2, -0.15) is 0 Å². The van der Waals surface area contributed by atoms with Crippen LogP contribution in [-0.4, -0.2) is 39.8 Å². The number of rotatable bonds is 7. The second-order valence-electron chi connectivity index (χ2n) is 6.19. The standard InChI is InChI=1S/C20H22N4O2/c1-15(25)24(14-16-5-4-8-21-12-16)10-9-22-20(26)11-17-13-23-19-7-3-2-6-18(17)19/h2-8,12-13,23H,9-11,14H2,1H3,(H,22,26). The van der Waals surface area contributed by atoms with Gasteiger partial charge in [-0.3, -0.25) is 14.6 Å². The quantitative estimate of drug-likeness (QED) is 0.686. The Balaban J connectivity index is 1.51. The van der Waals surface area contributed by atoms with Gasteiger partial charge < -0.3 is 15.2 Å². The van der Waals surface area contributed by atoms with Crippen molar-refractivity contribution in [1.29, 1.82) is 0 Å². The summed E-state index contributed by atoms with van der Waals surface area (Å²) in [5.74, 6) is -0.0839. The Morgan fingerprint density at radius 1 is 1.19 bits per heavy atom. The Kier molecular flexibility index (Phi) is 5.63. The van der Waals surface area contributed by atoms with E-state index < -0.39 is 0 Å². The highest BCUT2D eigenvalue weighted by Gasteiger charge is 2.11. The average Bonchev–Trinajstić information content (AvgIpc) is 3.04. The maximum atomic E-state index is 12.2. The van der Waals surface area contributed by atoms with Gasteiger partial charge >= 0.3 is 0 Å². The highest BCUT2D eigenvalue weighted by Crippen LogP contribution is 2.17. The Bertz CT molecular complexity index is 889. The zero-order valence-corrected chi connectivity index (χ0v) is 14.7. The minimum Gasteiger partial charge on any atom is -0.361 e. The van der Waals surface area contributed by atoms with Crippen molar-refractivity contribution in [2.45, 2.75) is 19.9 Å². The highest BCUT2D eigenvalue weighted by molar-refractivity contribution is 5.88. The predicted molar refractivity (Wildman–Crippen MR) is 100 cm³/mol. The number of hydrogen-bond acceptors (Lipinski definition) is 3. The van der Waals surface area contributed by atoms with Crippen molar-refractivity contribution >= 4 is 22.7 Å². The van der Waals surface area contributed by atoms with Crippen molar-refractivity contribution < 1.29 is 9.59 Å². The molecule has 0 radical (unpaired) electrons. The largest absolute Gasteiger partial charge is 0.361 e. The molecule has 0 saturated carbocycles. The van der Waals surface area contributed by atoms with E-state index in [-0.39, 0.29) is 11.8 Å². The molecular formula is C20H22N4O2. The van der Waals surface area contributed by atoms with E-state index in [1.54, 1.807) is 17.3 Å².